The molecule has 0 amide bonds. The van der Waals surface area contributed by atoms with E-state index in [1.54, 1.807) is 0 Å². The standard InChI is InChI=1S/C17H24O4/c1-3-20-16-9-13-8-11(2)21-15(13)10-14(16)17(18)12-4-6-19-7-5-12/h9-12,17-18H,3-8H2,1-2H3. The largest absolute Gasteiger partial charge is 0.493 e. The number of hydrogen-bond donors (Lipinski definition) is 1. The molecule has 1 aromatic carbocycles. The summed E-state index contributed by atoms with van der Waals surface area (Å²) in [5.74, 6) is 1.93. The monoisotopic (exact) mass is 292 g/mol. The normalized spacial score (nSPS) is 23.5. The molecule has 1 fully saturated rings. The van der Waals surface area contributed by atoms with Crippen LogP contribution in [0.15, 0.2) is 12.1 Å². The fourth-order valence-corrected chi connectivity index (χ4v) is 3.25. The molecule has 2 heterocycles. The van der Waals surface area contributed by atoms with E-state index in [0.717, 1.165) is 49.5 Å². The van der Waals surface area contributed by atoms with Gasteiger partial charge in [-0.1, -0.05) is 0 Å². The van der Waals surface area contributed by atoms with Crippen LogP contribution in [0.3, 0.4) is 0 Å². The van der Waals surface area contributed by atoms with Crippen LogP contribution in [0.2, 0.25) is 0 Å². The minimum Gasteiger partial charge on any atom is -0.493 e. The SMILES string of the molecule is CCOc1cc2c(cc1C(O)C1CCOCC1)OC(C)C2. The third-order valence-electron chi connectivity index (χ3n) is 4.36. The molecule has 2 atom stereocenters. The number of aliphatic hydroxyl groups is 1. The molecule has 0 aromatic heterocycles. The Balaban J connectivity index is 1.90. The molecular weight excluding hydrogens is 268 g/mol. The Bertz CT molecular complexity index is 494. The average molecular weight is 292 g/mol. The molecule has 1 N–H and O–H groups in total. The van der Waals surface area contributed by atoms with Crippen LogP contribution in [0.5, 0.6) is 11.5 Å². The molecule has 2 unspecified atom stereocenters. The third kappa shape index (κ3) is 3.01. The van der Waals surface area contributed by atoms with Gasteiger partial charge in [0.1, 0.15) is 17.6 Å². The summed E-state index contributed by atoms with van der Waals surface area (Å²) in [5.41, 5.74) is 2.03. The van der Waals surface area contributed by atoms with E-state index in [-0.39, 0.29) is 12.0 Å². The summed E-state index contributed by atoms with van der Waals surface area (Å²) in [6.07, 6.45) is 2.37. The van der Waals surface area contributed by atoms with Gasteiger partial charge in [-0.05, 0) is 44.7 Å². The lowest BCUT2D eigenvalue weighted by atomic mass is 9.88. The number of rotatable bonds is 4. The molecular formula is C17H24O4. The molecule has 0 saturated carbocycles. The first-order valence-electron chi connectivity index (χ1n) is 7.91. The molecule has 2 aliphatic rings. The fourth-order valence-electron chi connectivity index (χ4n) is 3.25. The summed E-state index contributed by atoms with van der Waals surface area (Å²) in [5, 5.41) is 10.8. The van der Waals surface area contributed by atoms with Gasteiger partial charge in [0.05, 0.1) is 12.7 Å². The molecule has 0 aliphatic carbocycles. The van der Waals surface area contributed by atoms with Gasteiger partial charge in [-0.3, -0.25) is 0 Å². The molecule has 0 radical (unpaired) electrons. The van der Waals surface area contributed by atoms with Gasteiger partial charge in [-0.25, -0.2) is 0 Å². The highest BCUT2D eigenvalue weighted by molar-refractivity contribution is 5.49. The van der Waals surface area contributed by atoms with Crippen molar-refractivity contribution in [1.29, 1.82) is 0 Å². The highest BCUT2D eigenvalue weighted by Crippen LogP contribution is 2.41. The molecule has 0 spiro atoms. The van der Waals surface area contributed by atoms with E-state index in [4.69, 9.17) is 14.2 Å². The van der Waals surface area contributed by atoms with Crippen molar-refractivity contribution in [1.82, 2.24) is 0 Å². The lowest BCUT2D eigenvalue weighted by molar-refractivity contribution is 0.00613. The minimum absolute atomic E-state index is 0.199. The molecule has 1 saturated heterocycles. The van der Waals surface area contributed by atoms with Crippen LogP contribution in [0.4, 0.5) is 0 Å². The van der Waals surface area contributed by atoms with E-state index < -0.39 is 6.10 Å². The van der Waals surface area contributed by atoms with Gasteiger partial charge in [0.15, 0.2) is 0 Å². The van der Waals surface area contributed by atoms with Crippen molar-refractivity contribution in [3.8, 4) is 11.5 Å². The average Bonchev–Trinajstić information content (AvgIpc) is 2.86. The highest BCUT2D eigenvalue weighted by Gasteiger charge is 2.29. The lowest BCUT2D eigenvalue weighted by Crippen LogP contribution is -2.22. The Morgan fingerprint density at radius 2 is 2.10 bits per heavy atom. The van der Waals surface area contributed by atoms with Gasteiger partial charge in [-0.15, -0.1) is 0 Å². The van der Waals surface area contributed by atoms with Crippen LogP contribution >= 0.6 is 0 Å². The molecule has 1 aromatic rings. The van der Waals surface area contributed by atoms with Crippen molar-refractivity contribution < 1.29 is 19.3 Å². The molecule has 21 heavy (non-hydrogen) atoms. The fraction of sp³-hybridized carbons (Fsp3) is 0.647. The maximum atomic E-state index is 10.8. The first-order chi connectivity index (χ1) is 10.2. The van der Waals surface area contributed by atoms with Gasteiger partial charge < -0.3 is 19.3 Å². The van der Waals surface area contributed by atoms with Crippen LogP contribution in [0, 0.1) is 5.92 Å². The number of benzene rings is 1. The predicted octanol–water partition coefficient (Wildman–Crippen LogP) is 2.87. The van der Waals surface area contributed by atoms with Gasteiger partial charge in [0.2, 0.25) is 0 Å². The Labute approximate surface area is 126 Å². The van der Waals surface area contributed by atoms with Crippen molar-refractivity contribution in [2.24, 2.45) is 5.92 Å². The van der Waals surface area contributed by atoms with Crippen molar-refractivity contribution in [3.63, 3.8) is 0 Å². The number of fused-ring (bicyclic) bond motifs is 1. The maximum absolute atomic E-state index is 10.8. The van der Waals surface area contributed by atoms with Crippen LogP contribution < -0.4 is 9.47 Å². The molecule has 4 nitrogen and oxygen atoms in total. The second kappa shape index (κ2) is 6.24. The minimum atomic E-state index is -0.514. The molecule has 4 heteroatoms. The molecule has 116 valence electrons. The van der Waals surface area contributed by atoms with Crippen molar-refractivity contribution in [3.05, 3.63) is 23.3 Å². The smallest absolute Gasteiger partial charge is 0.125 e. The molecule has 3 rings (SSSR count). The number of aliphatic hydroxyl groups excluding tert-OH is 1. The van der Waals surface area contributed by atoms with E-state index in [1.165, 1.54) is 5.56 Å². The summed E-state index contributed by atoms with van der Waals surface area (Å²) >= 11 is 0. The zero-order valence-electron chi connectivity index (χ0n) is 12.8. The van der Waals surface area contributed by atoms with Crippen LogP contribution in [-0.4, -0.2) is 31.0 Å². The van der Waals surface area contributed by atoms with E-state index in [1.807, 2.05) is 19.1 Å². The van der Waals surface area contributed by atoms with Gasteiger partial charge in [0, 0.05) is 30.8 Å². The van der Waals surface area contributed by atoms with Gasteiger partial charge >= 0.3 is 0 Å². The van der Waals surface area contributed by atoms with Crippen molar-refractivity contribution in [2.75, 3.05) is 19.8 Å². The summed E-state index contributed by atoms with van der Waals surface area (Å²) in [4.78, 5) is 0. The van der Waals surface area contributed by atoms with E-state index in [2.05, 4.69) is 6.92 Å². The van der Waals surface area contributed by atoms with E-state index >= 15 is 0 Å². The quantitative estimate of drug-likeness (QED) is 0.927. The van der Waals surface area contributed by atoms with Crippen LogP contribution in [0.25, 0.3) is 0 Å². The summed E-state index contributed by atoms with van der Waals surface area (Å²) in [6.45, 7) is 6.09. The predicted molar refractivity (Wildman–Crippen MR) is 79.9 cm³/mol. The Morgan fingerprint density at radius 3 is 2.81 bits per heavy atom. The van der Waals surface area contributed by atoms with E-state index in [9.17, 15) is 5.11 Å². The topological polar surface area (TPSA) is 47.9 Å². The van der Waals surface area contributed by atoms with Gasteiger partial charge in [-0.2, -0.15) is 0 Å². The zero-order valence-corrected chi connectivity index (χ0v) is 12.8. The highest BCUT2D eigenvalue weighted by atomic mass is 16.5. The Hall–Kier alpha value is -1.26. The van der Waals surface area contributed by atoms with Crippen LogP contribution in [0.1, 0.15) is 43.9 Å². The van der Waals surface area contributed by atoms with E-state index in [0.29, 0.717) is 6.61 Å². The van der Waals surface area contributed by atoms with Crippen molar-refractivity contribution >= 4 is 0 Å². The first kappa shape index (κ1) is 14.7. The summed E-state index contributed by atoms with van der Waals surface area (Å²) < 4.78 is 17.0. The first-order valence-corrected chi connectivity index (χ1v) is 7.91. The number of hydrogen-bond acceptors (Lipinski definition) is 4. The zero-order chi connectivity index (χ0) is 14.8. The Morgan fingerprint density at radius 1 is 1.33 bits per heavy atom. The lowest BCUT2D eigenvalue weighted by Gasteiger charge is -2.28. The third-order valence-corrected chi connectivity index (χ3v) is 4.36. The van der Waals surface area contributed by atoms with Crippen molar-refractivity contribution in [2.45, 2.75) is 45.3 Å². The summed E-state index contributed by atoms with van der Waals surface area (Å²) in [6, 6.07) is 4.02. The summed E-state index contributed by atoms with van der Waals surface area (Å²) in [7, 11) is 0. The second-order valence-electron chi connectivity index (χ2n) is 5.96. The maximum Gasteiger partial charge on any atom is 0.125 e. The Kier molecular flexibility index (Phi) is 4.36. The second-order valence-corrected chi connectivity index (χ2v) is 5.96. The van der Waals surface area contributed by atoms with Gasteiger partial charge in [0.25, 0.3) is 0 Å². The molecule has 2 aliphatic heterocycles. The van der Waals surface area contributed by atoms with Crippen LogP contribution in [-0.2, 0) is 11.2 Å². The molecule has 0 bridgehead atoms. The number of ether oxygens (including phenoxy) is 3.